The summed E-state index contributed by atoms with van der Waals surface area (Å²) in [6.45, 7) is 3.98. The Labute approximate surface area is 124 Å². The van der Waals surface area contributed by atoms with Gasteiger partial charge in [0.25, 0.3) is 5.91 Å². The Morgan fingerprint density at radius 1 is 1.10 bits per heavy atom. The molecule has 4 heteroatoms. The summed E-state index contributed by atoms with van der Waals surface area (Å²) in [6, 6.07) is 15.0. The molecule has 1 aliphatic rings. The van der Waals surface area contributed by atoms with Crippen LogP contribution in [0.2, 0.25) is 0 Å². The summed E-state index contributed by atoms with van der Waals surface area (Å²) >= 11 is 0. The number of rotatable bonds is 4. The maximum atomic E-state index is 12.0. The number of amides is 1. The highest BCUT2D eigenvalue weighted by Gasteiger charge is 2.29. The highest BCUT2D eigenvalue weighted by Crippen LogP contribution is 2.33. The quantitative estimate of drug-likeness (QED) is 0.901. The second-order valence-corrected chi connectivity index (χ2v) is 5.34. The number of nitrogens with one attached hydrogen (secondary N) is 2. The minimum atomic E-state index is -0.349. The van der Waals surface area contributed by atoms with Crippen LogP contribution in [0.15, 0.2) is 48.5 Å². The van der Waals surface area contributed by atoms with Crippen LogP contribution >= 0.6 is 0 Å². The van der Waals surface area contributed by atoms with Crippen molar-refractivity contribution in [2.45, 2.75) is 26.0 Å². The van der Waals surface area contributed by atoms with Crippen LogP contribution in [0.4, 0.5) is 11.4 Å². The van der Waals surface area contributed by atoms with Crippen LogP contribution in [0.1, 0.15) is 25.5 Å². The molecular weight excluding hydrogens is 264 g/mol. The van der Waals surface area contributed by atoms with Gasteiger partial charge in [-0.1, -0.05) is 18.2 Å². The zero-order chi connectivity index (χ0) is 14.8. The monoisotopic (exact) mass is 282 g/mol. The van der Waals surface area contributed by atoms with Crippen molar-refractivity contribution in [1.82, 2.24) is 0 Å². The number of carbonyl (C=O) groups is 1. The average Bonchev–Trinajstić information content (AvgIpc) is 2.77. The van der Waals surface area contributed by atoms with Gasteiger partial charge in [-0.15, -0.1) is 0 Å². The van der Waals surface area contributed by atoms with Gasteiger partial charge in [0.1, 0.15) is 11.8 Å². The van der Waals surface area contributed by atoms with Gasteiger partial charge in [-0.25, -0.2) is 0 Å². The van der Waals surface area contributed by atoms with E-state index in [-0.39, 0.29) is 18.1 Å². The summed E-state index contributed by atoms with van der Waals surface area (Å²) in [5.74, 6) is 0.797. The summed E-state index contributed by atoms with van der Waals surface area (Å²) in [7, 11) is 0. The molecule has 0 spiro atoms. The van der Waals surface area contributed by atoms with Gasteiger partial charge in [-0.3, -0.25) is 4.79 Å². The predicted octanol–water partition coefficient (Wildman–Crippen LogP) is 3.58. The molecule has 108 valence electrons. The van der Waals surface area contributed by atoms with E-state index in [0.29, 0.717) is 0 Å². The molecule has 21 heavy (non-hydrogen) atoms. The first-order valence-corrected chi connectivity index (χ1v) is 7.06. The Hall–Kier alpha value is -2.49. The number of benzene rings is 2. The van der Waals surface area contributed by atoms with E-state index in [1.54, 1.807) is 0 Å². The molecule has 3 rings (SSSR count). The molecule has 0 fully saturated rings. The summed E-state index contributed by atoms with van der Waals surface area (Å²) < 4.78 is 5.61. The molecule has 1 unspecified atom stereocenters. The van der Waals surface area contributed by atoms with Gasteiger partial charge in [0.05, 0.1) is 6.10 Å². The van der Waals surface area contributed by atoms with Gasteiger partial charge in [-0.2, -0.15) is 0 Å². The zero-order valence-corrected chi connectivity index (χ0v) is 12.1. The smallest absolute Gasteiger partial charge is 0.251 e. The second-order valence-electron chi connectivity index (χ2n) is 5.34. The molecule has 4 nitrogen and oxygen atoms in total. The van der Waals surface area contributed by atoms with Crippen molar-refractivity contribution in [3.05, 3.63) is 54.1 Å². The minimum absolute atomic E-state index is 0.0290. The van der Waals surface area contributed by atoms with Crippen molar-refractivity contribution < 1.29 is 9.53 Å². The maximum Gasteiger partial charge on any atom is 0.251 e. The lowest BCUT2D eigenvalue weighted by Gasteiger charge is -2.14. The molecule has 0 aromatic heterocycles. The van der Waals surface area contributed by atoms with Gasteiger partial charge < -0.3 is 15.4 Å². The van der Waals surface area contributed by atoms with Crippen LogP contribution in [-0.4, -0.2) is 12.0 Å². The van der Waals surface area contributed by atoms with Crippen molar-refractivity contribution in [1.29, 1.82) is 0 Å². The fourth-order valence-corrected chi connectivity index (χ4v) is 2.42. The Morgan fingerprint density at radius 3 is 2.52 bits per heavy atom. The Kier molecular flexibility index (Phi) is 3.52. The molecule has 0 radical (unpaired) electrons. The molecule has 2 aromatic carbocycles. The molecule has 1 atom stereocenters. The highest BCUT2D eigenvalue weighted by atomic mass is 16.5. The summed E-state index contributed by atoms with van der Waals surface area (Å²) in [6.07, 6.45) is 0.149. The van der Waals surface area contributed by atoms with Crippen LogP contribution in [0.25, 0.3) is 0 Å². The molecule has 1 aliphatic heterocycles. The highest BCUT2D eigenvalue weighted by molar-refractivity contribution is 6.04. The molecule has 1 heterocycles. The number of para-hydroxylation sites is 1. The largest absolute Gasteiger partial charge is 0.491 e. The first kappa shape index (κ1) is 13.5. The van der Waals surface area contributed by atoms with Gasteiger partial charge >= 0.3 is 0 Å². The van der Waals surface area contributed by atoms with Crippen molar-refractivity contribution >= 4 is 17.3 Å². The first-order valence-electron chi connectivity index (χ1n) is 7.06. The summed E-state index contributed by atoms with van der Waals surface area (Å²) in [4.78, 5) is 12.0. The minimum Gasteiger partial charge on any atom is -0.491 e. The number of hydrogen-bond donors (Lipinski definition) is 2. The molecule has 2 N–H and O–H groups in total. The zero-order valence-electron chi connectivity index (χ0n) is 12.1. The number of anilines is 2. The lowest BCUT2D eigenvalue weighted by Crippen LogP contribution is -2.19. The third kappa shape index (κ3) is 2.84. The van der Waals surface area contributed by atoms with Crippen molar-refractivity contribution in [3.63, 3.8) is 0 Å². The normalized spacial score (nSPS) is 16.5. The first-order chi connectivity index (χ1) is 10.1. The van der Waals surface area contributed by atoms with Crippen molar-refractivity contribution in [2.24, 2.45) is 0 Å². The van der Waals surface area contributed by atoms with E-state index in [0.717, 1.165) is 22.7 Å². The molecule has 0 saturated carbocycles. The summed E-state index contributed by atoms with van der Waals surface area (Å²) in [5, 5.41) is 6.14. The Bertz CT molecular complexity index is 650. The molecule has 0 saturated heterocycles. The lowest BCUT2D eigenvalue weighted by molar-refractivity contribution is -0.116. The average molecular weight is 282 g/mol. The molecule has 0 bridgehead atoms. The van der Waals surface area contributed by atoms with Crippen LogP contribution < -0.4 is 15.4 Å². The van der Waals surface area contributed by atoms with Gasteiger partial charge in [0.2, 0.25) is 0 Å². The van der Waals surface area contributed by atoms with Crippen LogP contribution in [0.5, 0.6) is 5.75 Å². The standard InChI is InChI=1S/C17H18N2O2/c1-11(2)21-13-9-7-12(8-10-13)18-16-14-5-3-4-6-15(14)19-17(16)20/h3-11,16,18H,1-2H3,(H,19,20). The SMILES string of the molecule is CC(C)Oc1ccc(NC2C(=O)Nc3ccccc32)cc1. The van der Waals surface area contributed by atoms with Crippen molar-refractivity contribution in [3.8, 4) is 5.75 Å². The third-order valence-electron chi connectivity index (χ3n) is 3.33. The number of hydrogen-bond acceptors (Lipinski definition) is 3. The van der Waals surface area contributed by atoms with Crippen LogP contribution in [-0.2, 0) is 4.79 Å². The van der Waals surface area contributed by atoms with E-state index in [1.165, 1.54) is 0 Å². The van der Waals surface area contributed by atoms with E-state index < -0.39 is 0 Å². The molecule has 0 aliphatic carbocycles. The van der Waals surface area contributed by atoms with Crippen molar-refractivity contribution in [2.75, 3.05) is 10.6 Å². The second kappa shape index (κ2) is 5.48. The van der Waals surface area contributed by atoms with Gasteiger partial charge in [-0.05, 0) is 44.2 Å². The third-order valence-corrected chi connectivity index (χ3v) is 3.33. The Morgan fingerprint density at radius 2 is 1.81 bits per heavy atom. The fraction of sp³-hybridized carbons (Fsp3) is 0.235. The molecule has 1 amide bonds. The fourth-order valence-electron chi connectivity index (χ4n) is 2.42. The number of carbonyl (C=O) groups excluding carboxylic acids is 1. The number of fused-ring (bicyclic) bond motifs is 1. The maximum absolute atomic E-state index is 12.0. The van der Waals surface area contributed by atoms with E-state index in [1.807, 2.05) is 62.4 Å². The van der Waals surface area contributed by atoms with E-state index in [4.69, 9.17) is 4.74 Å². The van der Waals surface area contributed by atoms with Crippen LogP contribution in [0.3, 0.4) is 0 Å². The topological polar surface area (TPSA) is 50.4 Å². The van der Waals surface area contributed by atoms with E-state index in [9.17, 15) is 4.79 Å². The van der Waals surface area contributed by atoms with E-state index in [2.05, 4.69) is 10.6 Å². The van der Waals surface area contributed by atoms with E-state index >= 15 is 0 Å². The Balaban J connectivity index is 1.76. The number of ether oxygens (including phenoxy) is 1. The van der Waals surface area contributed by atoms with Gasteiger partial charge in [0.15, 0.2) is 0 Å². The lowest BCUT2D eigenvalue weighted by atomic mass is 10.1. The summed E-state index contributed by atoms with van der Waals surface area (Å²) in [5.41, 5.74) is 2.74. The molecular formula is C17H18N2O2. The van der Waals surface area contributed by atoms with Crippen LogP contribution in [0, 0.1) is 0 Å². The molecule has 2 aromatic rings. The predicted molar refractivity (Wildman–Crippen MR) is 83.6 cm³/mol. The van der Waals surface area contributed by atoms with Gasteiger partial charge in [0, 0.05) is 16.9 Å².